The molecule has 0 unspecified atom stereocenters. The van der Waals surface area contributed by atoms with E-state index in [2.05, 4.69) is 0 Å². The molecule has 5 nitrogen and oxygen atoms in total. The van der Waals surface area contributed by atoms with Gasteiger partial charge in [0.15, 0.2) is 0 Å². The second-order valence-corrected chi connectivity index (χ2v) is 6.81. The van der Waals surface area contributed by atoms with Crippen LogP contribution in [0.4, 0.5) is 0 Å². The Morgan fingerprint density at radius 1 is 1.22 bits per heavy atom. The Labute approximate surface area is 137 Å². The van der Waals surface area contributed by atoms with E-state index < -0.39 is 5.60 Å². The van der Waals surface area contributed by atoms with E-state index in [1.807, 2.05) is 56.0 Å². The molecule has 0 aromatic heterocycles. The summed E-state index contributed by atoms with van der Waals surface area (Å²) in [5.41, 5.74) is 0.442. The maximum absolute atomic E-state index is 12.3. The van der Waals surface area contributed by atoms with E-state index in [9.17, 15) is 9.59 Å². The van der Waals surface area contributed by atoms with Gasteiger partial charge in [0.2, 0.25) is 0 Å². The highest BCUT2D eigenvalue weighted by atomic mass is 16.6. The second-order valence-electron chi connectivity index (χ2n) is 6.81. The van der Waals surface area contributed by atoms with Crippen molar-refractivity contribution in [3.05, 3.63) is 35.9 Å². The molecule has 0 bridgehead atoms. The van der Waals surface area contributed by atoms with Crippen LogP contribution in [0.3, 0.4) is 0 Å². The van der Waals surface area contributed by atoms with Gasteiger partial charge in [0.25, 0.3) is 0 Å². The first-order chi connectivity index (χ1) is 10.8. The van der Waals surface area contributed by atoms with E-state index in [4.69, 9.17) is 9.47 Å². The molecule has 1 saturated heterocycles. The number of hydrogen-bond donors (Lipinski definition) is 0. The topological polar surface area (TPSA) is 55.8 Å². The SMILES string of the molecule is CC(C)(C)OC(=O)CN1CCC[C@H]1C(=O)OCc1ccccc1. The Kier molecular flexibility index (Phi) is 5.77. The molecule has 23 heavy (non-hydrogen) atoms. The lowest BCUT2D eigenvalue weighted by Gasteiger charge is -2.25. The van der Waals surface area contributed by atoms with Crippen molar-refractivity contribution in [1.82, 2.24) is 4.90 Å². The number of esters is 2. The highest BCUT2D eigenvalue weighted by Gasteiger charge is 2.34. The summed E-state index contributed by atoms with van der Waals surface area (Å²) < 4.78 is 10.7. The third-order valence-electron chi connectivity index (χ3n) is 3.61. The number of ether oxygens (including phenoxy) is 2. The monoisotopic (exact) mass is 319 g/mol. The summed E-state index contributed by atoms with van der Waals surface area (Å²) in [4.78, 5) is 26.1. The average Bonchev–Trinajstić information content (AvgIpc) is 2.92. The van der Waals surface area contributed by atoms with Gasteiger partial charge in [0, 0.05) is 0 Å². The number of rotatable bonds is 5. The zero-order valence-corrected chi connectivity index (χ0v) is 14.1. The van der Waals surface area contributed by atoms with Crippen LogP contribution in [-0.2, 0) is 25.7 Å². The Bertz CT molecular complexity index is 536. The van der Waals surface area contributed by atoms with E-state index in [0.29, 0.717) is 6.54 Å². The first kappa shape index (κ1) is 17.5. The predicted octanol–water partition coefficient (Wildman–Crippen LogP) is 2.54. The number of hydrogen-bond acceptors (Lipinski definition) is 5. The van der Waals surface area contributed by atoms with Crippen molar-refractivity contribution < 1.29 is 19.1 Å². The second kappa shape index (κ2) is 7.59. The lowest BCUT2D eigenvalue weighted by molar-refractivity contribution is -0.158. The van der Waals surface area contributed by atoms with Gasteiger partial charge in [-0.3, -0.25) is 14.5 Å². The summed E-state index contributed by atoms with van der Waals surface area (Å²) in [5.74, 6) is -0.574. The van der Waals surface area contributed by atoms with Gasteiger partial charge in [-0.1, -0.05) is 30.3 Å². The molecule has 0 spiro atoms. The normalized spacial score (nSPS) is 18.7. The molecular formula is C18H25NO4. The van der Waals surface area contributed by atoms with E-state index in [1.54, 1.807) is 0 Å². The summed E-state index contributed by atoms with van der Waals surface area (Å²) in [6, 6.07) is 9.22. The van der Waals surface area contributed by atoms with Crippen LogP contribution < -0.4 is 0 Å². The minimum Gasteiger partial charge on any atom is -0.460 e. The number of likely N-dealkylation sites (tertiary alicyclic amines) is 1. The van der Waals surface area contributed by atoms with Gasteiger partial charge < -0.3 is 9.47 Å². The van der Waals surface area contributed by atoms with Gasteiger partial charge >= 0.3 is 11.9 Å². The van der Waals surface area contributed by atoms with Crippen molar-refractivity contribution in [2.24, 2.45) is 0 Å². The fraction of sp³-hybridized carbons (Fsp3) is 0.556. The van der Waals surface area contributed by atoms with E-state index in [0.717, 1.165) is 18.4 Å². The van der Waals surface area contributed by atoms with Crippen LogP contribution in [0.2, 0.25) is 0 Å². The van der Waals surface area contributed by atoms with Crippen LogP contribution in [0.5, 0.6) is 0 Å². The van der Waals surface area contributed by atoms with Crippen molar-refractivity contribution in [2.75, 3.05) is 13.1 Å². The molecule has 1 atom stereocenters. The lowest BCUT2D eigenvalue weighted by atomic mass is 10.2. The first-order valence-corrected chi connectivity index (χ1v) is 8.01. The molecule has 1 heterocycles. The van der Waals surface area contributed by atoms with Gasteiger partial charge in [-0.15, -0.1) is 0 Å². The van der Waals surface area contributed by atoms with Crippen LogP contribution in [0.25, 0.3) is 0 Å². The van der Waals surface area contributed by atoms with Crippen LogP contribution >= 0.6 is 0 Å². The number of benzene rings is 1. The average molecular weight is 319 g/mol. The van der Waals surface area contributed by atoms with E-state index >= 15 is 0 Å². The standard InChI is InChI=1S/C18H25NO4/c1-18(2,3)23-16(20)12-19-11-7-10-15(19)17(21)22-13-14-8-5-4-6-9-14/h4-6,8-9,15H,7,10-13H2,1-3H3/t15-/m0/s1. The smallest absolute Gasteiger partial charge is 0.323 e. The maximum Gasteiger partial charge on any atom is 0.323 e. The molecule has 1 aromatic carbocycles. The minimum absolute atomic E-state index is 0.127. The molecule has 1 fully saturated rings. The van der Waals surface area contributed by atoms with E-state index in [1.165, 1.54) is 0 Å². The summed E-state index contributed by atoms with van der Waals surface area (Å²) in [6.45, 7) is 6.60. The van der Waals surface area contributed by atoms with E-state index in [-0.39, 0.29) is 31.1 Å². The Hall–Kier alpha value is -1.88. The molecule has 0 saturated carbocycles. The van der Waals surface area contributed by atoms with Gasteiger partial charge in [-0.25, -0.2) is 0 Å². The largest absolute Gasteiger partial charge is 0.460 e. The highest BCUT2D eigenvalue weighted by Crippen LogP contribution is 2.19. The Balaban J connectivity index is 1.85. The molecule has 2 rings (SSSR count). The van der Waals surface area contributed by atoms with Gasteiger partial charge in [-0.2, -0.15) is 0 Å². The quantitative estimate of drug-likeness (QED) is 0.781. The van der Waals surface area contributed by atoms with Crippen LogP contribution in [-0.4, -0.2) is 41.6 Å². The fourth-order valence-corrected chi connectivity index (χ4v) is 2.65. The van der Waals surface area contributed by atoms with Crippen molar-refractivity contribution in [1.29, 1.82) is 0 Å². The molecule has 1 aromatic rings. The molecular weight excluding hydrogens is 294 g/mol. The van der Waals surface area contributed by atoms with Crippen molar-refractivity contribution >= 4 is 11.9 Å². The predicted molar refractivity (Wildman–Crippen MR) is 86.7 cm³/mol. The van der Waals surface area contributed by atoms with Crippen LogP contribution in [0.1, 0.15) is 39.2 Å². The number of nitrogens with zero attached hydrogens (tertiary/aromatic N) is 1. The van der Waals surface area contributed by atoms with Gasteiger partial charge in [-0.05, 0) is 45.7 Å². The van der Waals surface area contributed by atoms with Crippen molar-refractivity contribution in [2.45, 2.75) is 51.9 Å². The zero-order chi connectivity index (χ0) is 16.9. The number of carbonyl (C=O) groups excluding carboxylic acids is 2. The van der Waals surface area contributed by atoms with Gasteiger partial charge in [0.1, 0.15) is 18.2 Å². The molecule has 126 valence electrons. The summed E-state index contributed by atoms with van der Waals surface area (Å²) >= 11 is 0. The number of carbonyl (C=O) groups is 2. The van der Waals surface area contributed by atoms with Crippen molar-refractivity contribution in [3.63, 3.8) is 0 Å². The zero-order valence-electron chi connectivity index (χ0n) is 14.1. The fourth-order valence-electron chi connectivity index (χ4n) is 2.65. The first-order valence-electron chi connectivity index (χ1n) is 8.01. The van der Waals surface area contributed by atoms with Crippen LogP contribution in [0, 0.1) is 0 Å². The highest BCUT2D eigenvalue weighted by molar-refractivity contribution is 5.78. The lowest BCUT2D eigenvalue weighted by Crippen LogP contribution is -2.42. The summed E-state index contributed by atoms with van der Waals surface area (Å²) in [6.07, 6.45) is 1.60. The van der Waals surface area contributed by atoms with Crippen molar-refractivity contribution in [3.8, 4) is 0 Å². The molecule has 1 aliphatic rings. The molecule has 5 heteroatoms. The Morgan fingerprint density at radius 3 is 2.57 bits per heavy atom. The molecule has 0 amide bonds. The van der Waals surface area contributed by atoms with Gasteiger partial charge in [0.05, 0.1) is 6.54 Å². The molecule has 0 aliphatic carbocycles. The summed E-state index contributed by atoms with van der Waals surface area (Å²) in [5, 5.41) is 0. The Morgan fingerprint density at radius 2 is 1.91 bits per heavy atom. The van der Waals surface area contributed by atoms with Crippen LogP contribution in [0.15, 0.2) is 30.3 Å². The summed E-state index contributed by atoms with van der Waals surface area (Å²) in [7, 11) is 0. The minimum atomic E-state index is -0.514. The third kappa shape index (κ3) is 5.67. The molecule has 1 aliphatic heterocycles. The maximum atomic E-state index is 12.3. The third-order valence-corrected chi connectivity index (χ3v) is 3.61. The molecule has 0 radical (unpaired) electrons. The molecule has 0 N–H and O–H groups in total.